The van der Waals surface area contributed by atoms with E-state index >= 15 is 0 Å². The third-order valence-corrected chi connectivity index (χ3v) is 3.27. The van der Waals surface area contributed by atoms with E-state index in [4.69, 9.17) is 4.74 Å². The lowest BCUT2D eigenvalue weighted by Gasteiger charge is -2.15. The Hall–Kier alpha value is -1.72. The van der Waals surface area contributed by atoms with Crippen LogP contribution in [-0.4, -0.2) is 18.6 Å². The largest absolute Gasteiger partial charge is 0.483 e. The van der Waals surface area contributed by atoms with Gasteiger partial charge in [0.2, 0.25) is 0 Å². The lowest BCUT2D eigenvalue weighted by molar-refractivity contribution is -0.139. The van der Waals surface area contributed by atoms with Crippen molar-refractivity contribution in [1.82, 2.24) is 5.32 Å². The van der Waals surface area contributed by atoms with Gasteiger partial charge in [0.15, 0.2) is 6.61 Å². The van der Waals surface area contributed by atoms with Crippen LogP contribution >= 0.6 is 0 Å². The van der Waals surface area contributed by atoms with Gasteiger partial charge in [-0.3, -0.25) is 4.79 Å². The van der Waals surface area contributed by atoms with E-state index in [9.17, 15) is 18.0 Å². The van der Waals surface area contributed by atoms with E-state index in [0.717, 1.165) is 31.7 Å². The Labute approximate surface area is 115 Å². The number of halogens is 3. The van der Waals surface area contributed by atoms with Crippen molar-refractivity contribution in [3.63, 3.8) is 0 Å². The summed E-state index contributed by atoms with van der Waals surface area (Å²) in [5.74, 6) is -0.699. The van der Waals surface area contributed by atoms with Crippen LogP contribution in [0.1, 0.15) is 31.2 Å². The summed E-state index contributed by atoms with van der Waals surface area (Å²) in [5.41, 5.74) is -0.867. The number of benzene rings is 1. The zero-order valence-electron chi connectivity index (χ0n) is 10.9. The minimum absolute atomic E-state index is 0.129. The minimum Gasteiger partial charge on any atom is -0.483 e. The Kier molecular flexibility index (Phi) is 4.52. The van der Waals surface area contributed by atoms with Crippen LogP contribution in [-0.2, 0) is 11.0 Å². The molecule has 1 aromatic carbocycles. The Morgan fingerprint density at radius 3 is 2.55 bits per heavy atom. The quantitative estimate of drug-likeness (QED) is 0.924. The SMILES string of the molecule is O=C(COc1ccccc1C(F)(F)F)NC1CCCC1. The first-order valence-electron chi connectivity index (χ1n) is 6.55. The van der Waals surface area contributed by atoms with Gasteiger partial charge in [-0.2, -0.15) is 13.2 Å². The summed E-state index contributed by atoms with van der Waals surface area (Å²) in [7, 11) is 0. The highest BCUT2D eigenvalue weighted by Gasteiger charge is 2.34. The number of amides is 1. The van der Waals surface area contributed by atoms with Crippen molar-refractivity contribution in [2.75, 3.05) is 6.61 Å². The molecule has 1 fully saturated rings. The van der Waals surface area contributed by atoms with Gasteiger partial charge in [0, 0.05) is 6.04 Å². The van der Waals surface area contributed by atoms with Crippen LogP contribution in [0.5, 0.6) is 5.75 Å². The van der Waals surface area contributed by atoms with E-state index in [2.05, 4.69) is 5.32 Å². The summed E-state index contributed by atoms with van der Waals surface area (Å²) in [6.07, 6.45) is -0.500. The van der Waals surface area contributed by atoms with Crippen molar-refractivity contribution >= 4 is 5.91 Å². The van der Waals surface area contributed by atoms with Crippen LogP contribution in [0.3, 0.4) is 0 Å². The number of hydrogen-bond donors (Lipinski definition) is 1. The number of nitrogens with one attached hydrogen (secondary N) is 1. The van der Waals surface area contributed by atoms with Crippen molar-refractivity contribution < 1.29 is 22.7 Å². The number of rotatable bonds is 4. The molecule has 0 spiro atoms. The van der Waals surface area contributed by atoms with E-state index in [0.29, 0.717) is 0 Å². The number of carbonyl (C=O) groups is 1. The van der Waals surface area contributed by atoms with Crippen LogP contribution in [0.4, 0.5) is 13.2 Å². The summed E-state index contributed by atoms with van der Waals surface area (Å²) in [4.78, 5) is 11.6. The molecule has 0 unspecified atom stereocenters. The lowest BCUT2D eigenvalue weighted by Crippen LogP contribution is -2.36. The van der Waals surface area contributed by atoms with Crippen molar-refractivity contribution in [2.24, 2.45) is 0 Å². The molecule has 0 heterocycles. The molecule has 1 saturated carbocycles. The Balaban J connectivity index is 1.92. The minimum atomic E-state index is -4.49. The predicted octanol–water partition coefficient (Wildman–Crippen LogP) is 3.14. The fourth-order valence-electron chi connectivity index (χ4n) is 2.31. The molecule has 1 aliphatic carbocycles. The second-order valence-electron chi connectivity index (χ2n) is 4.83. The van der Waals surface area contributed by atoms with Crippen LogP contribution in [0.25, 0.3) is 0 Å². The van der Waals surface area contributed by atoms with Gasteiger partial charge in [-0.1, -0.05) is 25.0 Å². The third-order valence-electron chi connectivity index (χ3n) is 3.27. The molecular weight excluding hydrogens is 271 g/mol. The first kappa shape index (κ1) is 14.7. The second kappa shape index (κ2) is 6.15. The molecule has 1 aliphatic rings. The zero-order valence-corrected chi connectivity index (χ0v) is 10.9. The molecule has 0 radical (unpaired) electrons. The number of para-hydroxylation sites is 1. The van der Waals surface area contributed by atoms with E-state index in [1.807, 2.05) is 0 Å². The molecule has 1 amide bonds. The van der Waals surface area contributed by atoms with Gasteiger partial charge < -0.3 is 10.1 Å². The number of ether oxygens (including phenoxy) is 1. The highest BCUT2D eigenvalue weighted by Crippen LogP contribution is 2.35. The maximum atomic E-state index is 12.7. The van der Waals surface area contributed by atoms with E-state index < -0.39 is 18.3 Å². The number of alkyl halides is 3. The average molecular weight is 287 g/mol. The molecule has 20 heavy (non-hydrogen) atoms. The Morgan fingerprint density at radius 2 is 1.90 bits per heavy atom. The maximum Gasteiger partial charge on any atom is 0.419 e. The standard InChI is InChI=1S/C14H16F3NO2/c15-14(16,17)11-7-3-4-8-12(11)20-9-13(19)18-10-5-1-2-6-10/h3-4,7-8,10H,1-2,5-6,9H2,(H,18,19). The lowest BCUT2D eigenvalue weighted by atomic mass is 10.2. The molecule has 0 bridgehead atoms. The summed E-state index contributed by atoms with van der Waals surface area (Å²) in [6, 6.07) is 5.01. The van der Waals surface area contributed by atoms with Gasteiger partial charge in [-0.05, 0) is 25.0 Å². The molecule has 0 aromatic heterocycles. The highest BCUT2D eigenvalue weighted by atomic mass is 19.4. The van der Waals surface area contributed by atoms with E-state index in [1.54, 1.807) is 0 Å². The van der Waals surface area contributed by atoms with Crippen molar-refractivity contribution in [3.05, 3.63) is 29.8 Å². The fourth-order valence-corrected chi connectivity index (χ4v) is 2.31. The van der Waals surface area contributed by atoms with Gasteiger partial charge in [-0.15, -0.1) is 0 Å². The highest BCUT2D eigenvalue weighted by molar-refractivity contribution is 5.77. The third kappa shape index (κ3) is 3.88. The second-order valence-corrected chi connectivity index (χ2v) is 4.83. The predicted molar refractivity (Wildman–Crippen MR) is 67.3 cm³/mol. The molecule has 6 heteroatoms. The zero-order chi connectivity index (χ0) is 14.6. The summed E-state index contributed by atoms with van der Waals surface area (Å²) < 4.78 is 43.2. The summed E-state index contributed by atoms with van der Waals surface area (Å²) in [5, 5.41) is 2.76. The van der Waals surface area contributed by atoms with Crippen molar-refractivity contribution in [3.8, 4) is 5.75 Å². The van der Waals surface area contributed by atoms with Crippen LogP contribution in [0.2, 0.25) is 0 Å². The molecule has 3 nitrogen and oxygen atoms in total. The first-order chi connectivity index (χ1) is 9.47. The topological polar surface area (TPSA) is 38.3 Å². The average Bonchev–Trinajstić information content (AvgIpc) is 2.88. The number of hydrogen-bond acceptors (Lipinski definition) is 2. The molecular formula is C14H16F3NO2. The van der Waals surface area contributed by atoms with Crippen LogP contribution < -0.4 is 10.1 Å². The van der Waals surface area contributed by atoms with Gasteiger partial charge in [0.25, 0.3) is 5.91 Å². The Morgan fingerprint density at radius 1 is 1.25 bits per heavy atom. The van der Waals surface area contributed by atoms with E-state index in [-0.39, 0.29) is 17.7 Å². The van der Waals surface area contributed by atoms with Gasteiger partial charge in [-0.25, -0.2) is 0 Å². The van der Waals surface area contributed by atoms with Crippen molar-refractivity contribution in [2.45, 2.75) is 37.9 Å². The summed E-state index contributed by atoms with van der Waals surface area (Å²) in [6.45, 7) is -0.399. The normalized spacial score (nSPS) is 16.1. The van der Waals surface area contributed by atoms with Crippen molar-refractivity contribution in [1.29, 1.82) is 0 Å². The van der Waals surface area contributed by atoms with Crippen LogP contribution in [0.15, 0.2) is 24.3 Å². The molecule has 110 valence electrons. The molecule has 0 aliphatic heterocycles. The molecule has 1 N–H and O–H groups in total. The Bertz CT molecular complexity index is 468. The fraction of sp³-hybridized carbons (Fsp3) is 0.500. The molecule has 0 atom stereocenters. The van der Waals surface area contributed by atoms with Gasteiger partial charge in [0.05, 0.1) is 5.56 Å². The molecule has 0 saturated heterocycles. The van der Waals surface area contributed by atoms with Gasteiger partial charge in [0.1, 0.15) is 5.75 Å². The smallest absolute Gasteiger partial charge is 0.419 e. The van der Waals surface area contributed by atoms with E-state index in [1.165, 1.54) is 18.2 Å². The molecule has 1 aromatic rings. The first-order valence-corrected chi connectivity index (χ1v) is 6.55. The monoisotopic (exact) mass is 287 g/mol. The van der Waals surface area contributed by atoms with Crippen LogP contribution in [0, 0.1) is 0 Å². The van der Waals surface area contributed by atoms with Gasteiger partial charge >= 0.3 is 6.18 Å². The maximum absolute atomic E-state index is 12.7. The summed E-state index contributed by atoms with van der Waals surface area (Å²) >= 11 is 0. The molecule has 2 rings (SSSR count). The number of carbonyl (C=O) groups excluding carboxylic acids is 1.